The topological polar surface area (TPSA) is 216 Å². The number of para-hydroxylation sites is 2. The number of benzene rings is 3. The molecule has 22 heteroatoms. The van der Waals surface area contributed by atoms with Gasteiger partial charge in [0, 0.05) is 120 Å². The third kappa shape index (κ3) is 11.2. The van der Waals surface area contributed by atoms with Crippen LogP contribution < -0.4 is 34.8 Å². The maximum Gasteiger partial charge on any atom is 0.257 e. The van der Waals surface area contributed by atoms with Gasteiger partial charge in [-0.05, 0) is 75.0 Å². The fourth-order valence-electron chi connectivity index (χ4n) is 10.4. The van der Waals surface area contributed by atoms with Crippen molar-refractivity contribution < 1.29 is 37.4 Å². The summed E-state index contributed by atoms with van der Waals surface area (Å²) < 4.78 is 31.6. The third-order valence-electron chi connectivity index (χ3n) is 14.6. The molecule has 4 N–H and O–H groups in total. The zero-order valence-electron chi connectivity index (χ0n) is 40.9. The van der Waals surface area contributed by atoms with Crippen LogP contribution in [0.3, 0.4) is 0 Å². The number of sulfonamides is 1. The highest BCUT2D eigenvalue weighted by atomic mass is 35.5. The maximum atomic E-state index is 13.4. The van der Waals surface area contributed by atoms with Gasteiger partial charge >= 0.3 is 0 Å². The van der Waals surface area contributed by atoms with Gasteiger partial charge in [0.1, 0.15) is 16.8 Å². The molecule has 4 saturated heterocycles. The number of carbonyl (C=O) groups is 4. The van der Waals surface area contributed by atoms with Gasteiger partial charge in [-0.3, -0.25) is 43.5 Å². The van der Waals surface area contributed by atoms with E-state index in [2.05, 4.69) is 51.6 Å². The number of ether oxygens (including phenoxy) is 1. The Labute approximate surface area is 425 Å². The van der Waals surface area contributed by atoms with E-state index in [-0.39, 0.29) is 35.6 Å². The summed E-state index contributed by atoms with van der Waals surface area (Å²) in [6.45, 7) is 9.25. The highest BCUT2D eigenvalue weighted by molar-refractivity contribution is 7.92. The van der Waals surface area contributed by atoms with Gasteiger partial charge in [0.05, 0.1) is 36.6 Å². The van der Waals surface area contributed by atoms with Gasteiger partial charge < -0.3 is 35.2 Å². The van der Waals surface area contributed by atoms with E-state index in [0.717, 1.165) is 115 Å². The molecule has 9 rings (SSSR count). The Bertz CT molecular complexity index is 2780. The molecule has 72 heavy (non-hydrogen) atoms. The molecule has 4 fully saturated rings. The monoisotopic (exact) mass is 1030 g/mol. The Morgan fingerprint density at radius 1 is 0.875 bits per heavy atom. The lowest BCUT2D eigenvalue weighted by atomic mass is 10.0. The van der Waals surface area contributed by atoms with Crippen LogP contribution in [0.25, 0.3) is 0 Å². The number of anilines is 7. The standard InChI is InChI=1S/C50H63ClN12O8S/c1-57(72(3,69)70)41-9-5-4-8-39(41)53-46-38(51)32-52-50(56-46)54-40-14-12-35(31-43(40)71-2)59-20-17-33(18-21-59)60-26-28-62(29-27-60)45(65)10-6-7-19-58-22-24-61(25-23-58)34-11-13-36-37(30-34)49(68)63(48(36)67)42-15-16-44(64)55-47(42)66/h4-5,8-9,11-14,30-33,42,48,67H,6-7,10,15-29H2,1-3H3,(H,55,64,66)(H2,52,53,54,56). The smallest absolute Gasteiger partial charge is 0.257 e. The van der Waals surface area contributed by atoms with Crippen molar-refractivity contribution in [2.45, 2.75) is 63.3 Å². The SMILES string of the molecule is COc1cc(N2CCC(N3CCN(C(=O)CCCCN4CCN(c5ccc6c(c5)C(=O)N(C5CCC(=O)NC5=O)C6O)CC4)CC3)CC2)ccc1Nc1ncc(Cl)c(Nc2ccccc2N(C)S(C)(=O)=O)n1. The summed E-state index contributed by atoms with van der Waals surface area (Å²) in [5.74, 6) is 0.100. The average Bonchev–Trinajstić information content (AvgIpc) is 3.63. The molecule has 6 heterocycles. The van der Waals surface area contributed by atoms with E-state index in [1.807, 2.05) is 29.2 Å². The van der Waals surface area contributed by atoms with Gasteiger partial charge in [-0.1, -0.05) is 29.8 Å². The van der Waals surface area contributed by atoms with Crippen molar-refractivity contribution >= 4 is 85.5 Å². The highest BCUT2D eigenvalue weighted by Crippen LogP contribution is 2.38. The minimum Gasteiger partial charge on any atom is -0.494 e. The molecule has 4 aromatic rings. The number of rotatable bonds is 16. The van der Waals surface area contributed by atoms with Crippen LogP contribution in [-0.4, -0.2) is 171 Å². The van der Waals surface area contributed by atoms with E-state index in [1.165, 1.54) is 22.4 Å². The fraction of sp³-hybridized carbons (Fsp3) is 0.480. The number of aliphatic hydroxyl groups is 1. The molecule has 0 radical (unpaired) electrons. The number of aliphatic hydroxyl groups excluding tert-OH is 1. The van der Waals surface area contributed by atoms with E-state index in [9.17, 15) is 32.7 Å². The second-order valence-corrected chi connectivity index (χ2v) is 21.4. The van der Waals surface area contributed by atoms with Crippen molar-refractivity contribution in [1.82, 2.24) is 34.9 Å². The van der Waals surface area contributed by atoms with E-state index < -0.39 is 34.1 Å². The second kappa shape index (κ2) is 21.8. The zero-order chi connectivity index (χ0) is 50.7. The summed E-state index contributed by atoms with van der Waals surface area (Å²) >= 11 is 6.49. The number of unbranched alkanes of at least 4 members (excludes halogenated alkanes) is 1. The predicted octanol–water partition coefficient (Wildman–Crippen LogP) is 4.38. The second-order valence-electron chi connectivity index (χ2n) is 19.0. The van der Waals surface area contributed by atoms with Crippen molar-refractivity contribution in [3.05, 3.63) is 83.0 Å². The number of piperazine rings is 2. The van der Waals surface area contributed by atoms with E-state index in [1.54, 1.807) is 37.4 Å². The number of methoxy groups -OCH3 is 1. The average molecular weight is 1030 g/mol. The number of nitrogens with zero attached hydrogens (tertiary/aromatic N) is 9. The maximum absolute atomic E-state index is 13.4. The molecular formula is C50H63ClN12O8S. The first-order valence-corrected chi connectivity index (χ1v) is 26.9. The van der Waals surface area contributed by atoms with Gasteiger partial charge in [-0.2, -0.15) is 4.98 Å². The van der Waals surface area contributed by atoms with Crippen molar-refractivity contribution in [2.24, 2.45) is 0 Å². The van der Waals surface area contributed by atoms with Crippen molar-refractivity contribution in [3.8, 4) is 5.75 Å². The van der Waals surface area contributed by atoms with E-state index >= 15 is 0 Å². The van der Waals surface area contributed by atoms with Gasteiger partial charge in [-0.25, -0.2) is 13.4 Å². The number of hydrogen-bond donors (Lipinski definition) is 4. The first-order valence-electron chi connectivity index (χ1n) is 24.6. The van der Waals surface area contributed by atoms with Gasteiger partial charge in [0.15, 0.2) is 12.0 Å². The number of hydrogen-bond acceptors (Lipinski definition) is 16. The van der Waals surface area contributed by atoms with E-state index in [0.29, 0.717) is 52.2 Å². The Kier molecular flexibility index (Phi) is 15.4. The lowest BCUT2D eigenvalue weighted by Crippen LogP contribution is -2.54. The number of carbonyl (C=O) groups excluding carboxylic acids is 4. The molecule has 20 nitrogen and oxygen atoms in total. The van der Waals surface area contributed by atoms with Crippen molar-refractivity contribution in [2.75, 3.05) is 117 Å². The predicted molar refractivity (Wildman–Crippen MR) is 276 cm³/mol. The number of aromatic nitrogens is 2. The minimum absolute atomic E-state index is 0.122. The van der Waals surface area contributed by atoms with Gasteiger partial charge in [-0.15, -0.1) is 0 Å². The molecule has 0 saturated carbocycles. The third-order valence-corrected chi connectivity index (χ3v) is 16.1. The Morgan fingerprint density at radius 2 is 1.58 bits per heavy atom. The highest BCUT2D eigenvalue weighted by Gasteiger charge is 2.44. The number of imide groups is 1. The van der Waals surface area contributed by atoms with Crippen LogP contribution in [0.2, 0.25) is 5.02 Å². The number of piperidine rings is 2. The van der Waals surface area contributed by atoms with Crippen LogP contribution in [0.1, 0.15) is 67.1 Å². The van der Waals surface area contributed by atoms with Crippen LogP contribution in [0.4, 0.5) is 40.2 Å². The zero-order valence-corrected chi connectivity index (χ0v) is 42.5. The lowest BCUT2D eigenvalue weighted by Gasteiger charge is -2.43. The fourth-order valence-corrected chi connectivity index (χ4v) is 11.1. The molecule has 0 aliphatic carbocycles. The molecule has 3 aromatic carbocycles. The number of halogens is 1. The van der Waals surface area contributed by atoms with Crippen molar-refractivity contribution in [3.63, 3.8) is 0 Å². The molecule has 5 aliphatic rings. The first-order chi connectivity index (χ1) is 34.6. The lowest BCUT2D eigenvalue weighted by molar-refractivity contribution is -0.139. The largest absolute Gasteiger partial charge is 0.494 e. The van der Waals surface area contributed by atoms with Crippen molar-refractivity contribution in [1.29, 1.82) is 0 Å². The Morgan fingerprint density at radius 3 is 2.31 bits per heavy atom. The molecule has 2 unspecified atom stereocenters. The van der Waals surface area contributed by atoms with Crippen LogP contribution in [0.5, 0.6) is 5.75 Å². The first kappa shape index (κ1) is 50.7. The summed E-state index contributed by atoms with van der Waals surface area (Å²) in [4.78, 5) is 72.6. The molecule has 2 atom stereocenters. The summed E-state index contributed by atoms with van der Waals surface area (Å²) in [7, 11) is -0.408. The van der Waals surface area contributed by atoms with Gasteiger partial charge in [0.25, 0.3) is 5.91 Å². The molecule has 0 bridgehead atoms. The van der Waals surface area contributed by atoms with Gasteiger partial charge in [0.2, 0.25) is 33.7 Å². The van der Waals surface area contributed by atoms with Crippen LogP contribution in [-0.2, 0) is 24.4 Å². The van der Waals surface area contributed by atoms with Crippen LogP contribution in [0, 0.1) is 0 Å². The quantitative estimate of drug-likeness (QED) is 0.0905. The number of fused-ring (bicyclic) bond motifs is 1. The summed E-state index contributed by atoms with van der Waals surface area (Å²) in [6, 6.07) is 18.0. The van der Waals surface area contributed by atoms with E-state index in [4.69, 9.17) is 16.3 Å². The molecule has 0 spiro atoms. The molecule has 4 amide bonds. The normalized spacial score (nSPS) is 20.4. The summed E-state index contributed by atoms with van der Waals surface area (Å²) in [5.41, 5.74) is 4.43. The Hall–Kier alpha value is -6.26. The number of nitrogens with one attached hydrogen (secondary N) is 3. The van der Waals surface area contributed by atoms with Crippen LogP contribution >= 0.6 is 11.6 Å². The number of amides is 4. The molecule has 5 aliphatic heterocycles. The van der Waals surface area contributed by atoms with Crippen LogP contribution in [0.15, 0.2) is 66.9 Å². The summed E-state index contributed by atoms with van der Waals surface area (Å²) in [6.07, 6.45) is 6.06. The Balaban J connectivity index is 0.678. The molecule has 1 aromatic heterocycles. The molecular weight excluding hydrogens is 964 g/mol. The summed E-state index contributed by atoms with van der Waals surface area (Å²) in [5, 5.41) is 19.9. The molecule has 384 valence electrons. The minimum atomic E-state index is -3.51.